The van der Waals surface area contributed by atoms with Gasteiger partial charge in [0.15, 0.2) is 0 Å². The molecule has 0 fully saturated rings. The number of nitro groups is 1. The minimum atomic E-state index is -0.434. The van der Waals surface area contributed by atoms with Crippen LogP contribution in [0.4, 0.5) is 11.4 Å². The standard InChI is InChI=1S/C19H22N6O2/c1-13(2)24-19(9-10-21-24)23-14(3)11-16(15(23)4)12-20-22-17-7-5-6-8-18(17)25(26)27/h5-13,22H,1-4H3/b20-12-. The van der Waals surface area contributed by atoms with Crippen LogP contribution in [0, 0.1) is 24.0 Å². The number of aryl methyl sites for hydroxylation is 1. The summed E-state index contributed by atoms with van der Waals surface area (Å²) in [6.45, 7) is 8.21. The minimum absolute atomic E-state index is 0.0130. The van der Waals surface area contributed by atoms with Crippen LogP contribution in [0.5, 0.6) is 0 Å². The van der Waals surface area contributed by atoms with Gasteiger partial charge in [-0.05, 0) is 39.8 Å². The Morgan fingerprint density at radius 1 is 1.26 bits per heavy atom. The maximum absolute atomic E-state index is 11.1. The monoisotopic (exact) mass is 366 g/mol. The lowest BCUT2D eigenvalue weighted by atomic mass is 10.2. The Morgan fingerprint density at radius 3 is 2.70 bits per heavy atom. The first-order valence-corrected chi connectivity index (χ1v) is 8.65. The SMILES string of the molecule is Cc1cc(/C=N\Nc2ccccc2[N+](=O)[O-])c(C)n1-c1ccnn1C(C)C. The molecule has 2 aromatic heterocycles. The van der Waals surface area contributed by atoms with Crippen LogP contribution in [0.2, 0.25) is 0 Å². The van der Waals surface area contributed by atoms with E-state index in [-0.39, 0.29) is 11.7 Å². The fourth-order valence-electron chi connectivity index (χ4n) is 3.05. The molecule has 0 bridgehead atoms. The van der Waals surface area contributed by atoms with Crippen LogP contribution in [0.1, 0.15) is 36.8 Å². The van der Waals surface area contributed by atoms with Crippen molar-refractivity contribution < 1.29 is 4.92 Å². The maximum atomic E-state index is 11.1. The van der Waals surface area contributed by atoms with E-state index in [1.54, 1.807) is 30.6 Å². The van der Waals surface area contributed by atoms with Crippen molar-refractivity contribution in [3.8, 4) is 5.82 Å². The second-order valence-electron chi connectivity index (χ2n) is 6.53. The summed E-state index contributed by atoms with van der Waals surface area (Å²) in [4.78, 5) is 10.6. The lowest BCUT2D eigenvalue weighted by Gasteiger charge is -2.15. The van der Waals surface area contributed by atoms with Crippen LogP contribution in [0.25, 0.3) is 5.82 Å². The van der Waals surface area contributed by atoms with Crippen LogP contribution in [-0.4, -0.2) is 25.5 Å². The van der Waals surface area contributed by atoms with E-state index in [0.717, 1.165) is 22.8 Å². The number of aromatic nitrogens is 3. The van der Waals surface area contributed by atoms with Gasteiger partial charge in [0.05, 0.1) is 17.3 Å². The van der Waals surface area contributed by atoms with Crippen molar-refractivity contribution in [3.05, 3.63) is 69.7 Å². The molecule has 8 nitrogen and oxygen atoms in total. The first-order valence-electron chi connectivity index (χ1n) is 8.65. The van der Waals surface area contributed by atoms with Gasteiger partial charge in [0.2, 0.25) is 0 Å². The second kappa shape index (κ2) is 7.45. The van der Waals surface area contributed by atoms with Gasteiger partial charge in [-0.3, -0.25) is 15.5 Å². The van der Waals surface area contributed by atoms with E-state index in [0.29, 0.717) is 5.69 Å². The molecule has 2 heterocycles. The minimum Gasteiger partial charge on any atom is -0.303 e. The van der Waals surface area contributed by atoms with Gasteiger partial charge in [0.1, 0.15) is 11.5 Å². The molecule has 0 aliphatic rings. The smallest absolute Gasteiger partial charge is 0.294 e. The zero-order valence-electron chi connectivity index (χ0n) is 15.7. The number of hydrogen-bond acceptors (Lipinski definition) is 5. The van der Waals surface area contributed by atoms with E-state index in [1.807, 2.05) is 30.7 Å². The molecule has 1 aromatic carbocycles. The Hall–Kier alpha value is -3.42. The third-order valence-corrected chi connectivity index (χ3v) is 4.33. The molecule has 0 saturated carbocycles. The summed E-state index contributed by atoms with van der Waals surface area (Å²) in [5.41, 5.74) is 6.10. The van der Waals surface area contributed by atoms with Crippen LogP contribution in [0.15, 0.2) is 47.7 Å². The van der Waals surface area contributed by atoms with Crippen molar-refractivity contribution in [1.82, 2.24) is 14.3 Å². The lowest BCUT2D eigenvalue weighted by Crippen LogP contribution is -2.11. The van der Waals surface area contributed by atoms with E-state index < -0.39 is 4.92 Å². The highest BCUT2D eigenvalue weighted by molar-refractivity contribution is 5.83. The quantitative estimate of drug-likeness (QED) is 0.402. The Labute approximate surface area is 157 Å². The topological polar surface area (TPSA) is 90.3 Å². The normalized spacial score (nSPS) is 11.4. The Kier molecular flexibility index (Phi) is 5.07. The highest BCUT2D eigenvalue weighted by atomic mass is 16.6. The summed E-state index contributed by atoms with van der Waals surface area (Å²) in [5.74, 6) is 0.992. The molecule has 0 saturated heterocycles. The fraction of sp³-hybridized carbons (Fsp3) is 0.263. The predicted molar refractivity (Wildman–Crippen MR) is 106 cm³/mol. The van der Waals surface area contributed by atoms with Gasteiger partial charge in [0, 0.05) is 35.1 Å². The van der Waals surface area contributed by atoms with Crippen LogP contribution >= 0.6 is 0 Å². The Bertz CT molecular complexity index is 1000. The van der Waals surface area contributed by atoms with E-state index in [2.05, 4.69) is 34.0 Å². The number of nitro benzene ring substituents is 1. The second-order valence-corrected chi connectivity index (χ2v) is 6.53. The fourth-order valence-corrected chi connectivity index (χ4v) is 3.05. The Morgan fingerprint density at radius 2 is 2.00 bits per heavy atom. The van der Waals surface area contributed by atoms with Crippen molar-refractivity contribution in [2.75, 3.05) is 5.43 Å². The van der Waals surface area contributed by atoms with E-state index in [1.165, 1.54) is 6.07 Å². The van der Waals surface area contributed by atoms with Crippen LogP contribution in [-0.2, 0) is 0 Å². The highest BCUT2D eigenvalue weighted by Gasteiger charge is 2.15. The van der Waals surface area contributed by atoms with E-state index >= 15 is 0 Å². The molecule has 0 radical (unpaired) electrons. The summed E-state index contributed by atoms with van der Waals surface area (Å²) < 4.78 is 4.09. The van der Waals surface area contributed by atoms with Gasteiger partial charge in [-0.1, -0.05) is 12.1 Å². The number of rotatable bonds is 6. The average molecular weight is 366 g/mol. The number of nitrogens with zero attached hydrogens (tertiary/aromatic N) is 5. The third-order valence-electron chi connectivity index (χ3n) is 4.33. The molecule has 0 aliphatic heterocycles. The number of hydrazone groups is 1. The largest absolute Gasteiger partial charge is 0.303 e. The van der Waals surface area contributed by atoms with Crippen molar-refractivity contribution in [2.45, 2.75) is 33.7 Å². The molecule has 3 aromatic rings. The summed E-state index contributed by atoms with van der Waals surface area (Å²) >= 11 is 0. The average Bonchev–Trinajstić information content (AvgIpc) is 3.20. The zero-order chi connectivity index (χ0) is 19.6. The molecule has 0 unspecified atom stereocenters. The predicted octanol–water partition coefficient (Wildman–Crippen LogP) is 4.23. The molecular formula is C19H22N6O2. The molecule has 27 heavy (non-hydrogen) atoms. The van der Waals surface area contributed by atoms with Crippen molar-refractivity contribution >= 4 is 17.6 Å². The first kappa shape index (κ1) is 18.4. The van der Waals surface area contributed by atoms with Gasteiger partial charge < -0.3 is 4.57 Å². The molecule has 0 amide bonds. The molecule has 3 rings (SSSR count). The number of nitrogens with one attached hydrogen (secondary N) is 1. The van der Waals surface area contributed by atoms with Gasteiger partial charge in [-0.25, -0.2) is 4.68 Å². The molecular weight excluding hydrogens is 344 g/mol. The van der Waals surface area contributed by atoms with Gasteiger partial charge in [0.25, 0.3) is 5.69 Å². The molecule has 0 atom stereocenters. The van der Waals surface area contributed by atoms with E-state index in [4.69, 9.17) is 0 Å². The van der Waals surface area contributed by atoms with Gasteiger partial charge >= 0.3 is 0 Å². The molecule has 0 aliphatic carbocycles. The Balaban J connectivity index is 1.89. The molecule has 8 heteroatoms. The summed E-state index contributed by atoms with van der Waals surface area (Å²) in [5, 5.41) is 19.7. The van der Waals surface area contributed by atoms with Gasteiger partial charge in [-0.2, -0.15) is 10.2 Å². The maximum Gasteiger partial charge on any atom is 0.294 e. The van der Waals surface area contributed by atoms with Crippen molar-refractivity contribution in [3.63, 3.8) is 0 Å². The van der Waals surface area contributed by atoms with Crippen molar-refractivity contribution in [2.24, 2.45) is 5.10 Å². The van der Waals surface area contributed by atoms with E-state index in [9.17, 15) is 10.1 Å². The first-order chi connectivity index (χ1) is 12.9. The number of para-hydroxylation sites is 2. The third kappa shape index (κ3) is 3.59. The summed E-state index contributed by atoms with van der Waals surface area (Å²) in [7, 11) is 0. The molecule has 140 valence electrons. The lowest BCUT2D eigenvalue weighted by molar-refractivity contribution is -0.384. The molecule has 0 spiro atoms. The summed E-state index contributed by atoms with van der Waals surface area (Å²) in [6, 6.07) is 10.7. The summed E-state index contributed by atoms with van der Waals surface area (Å²) in [6.07, 6.45) is 3.46. The van der Waals surface area contributed by atoms with Crippen LogP contribution in [0.3, 0.4) is 0 Å². The number of benzene rings is 1. The number of hydrogen-bond donors (Lipinski definition) is 1. The van der Waals surface area contributed by atoms with Gasteiger partial charge in [-0.15, -0.1) is 0 Å². The van der Waals surface area contributed by atoms with Crippen molar-refractivity contribution in [1.29, 1.82) is 0 Å². The molecule has 1 N–H and O–H groups in total. The highest BCUT2D eigenvalue weighted by Crippen LogP contribution is 2.24. The number of anilines is 1. The zero-order valence-corrected chi connectivity index (χ0v) is 15.7. The van der Waals surface area contributed by atoms with Crippen LogP contribution < -0.4 is 5.43 Å².